The number of aromatic nitrogens is 2. The van der Waals surface area contributed by atoms with Crippen molar-refractivity contribution in [2.45, 2.75) is 20.8 Å². The zero-order valence-electron chi connectivity index (χ0n) is 9.96. The first-order chi connectivity index (χ1) is 7.61. The fourth-order valence-electron chi connectivity index (χ4n) is 1.17. The van der Waals surface area contributed by atoms with E-state index < -0.39 is 0 Å². The average Bonchev–Trinajstić information content (AvgIpc) is 2.23. The molecule has 90 valence electrons. The fraction of sp³-hybridized carbons (Fsp3) is 0.636. The Bertz CT molecular complexity index is 331. The second-order valence-electron chi connectivity index (χ2n) is 4.03. The molecule has 0 aliphatic heterocycles. The Morgan fingerprint density at radius 2 is 2.19 bits per heavy atom. The molecule has 0 aliphatic rings. The number of hydrogen-bond donors (Lipinski definition) is 1. The van der Waals surface area contributed by atoms with Crippen molar-refractivity contribution < 1.29 is 4.74 Å². The van der Waals surface area contributed by atoms with Gasteiger partial charge in [0.25, 0.3) is 0 Å². The average molecular weight is 244 g/mol. The molecule has 5 heteroatoms. The van der Waals surface area contributed by atoms with Crippen molar-refractivity contribution in [3.8, 4) is 0 Å². The molecule has 1 rings (SSSR count). The van der Waals surface area contributed by atoms with Crippen LogP contribution in [0.1, 0.15) is 19.4 Å². The van der Waals surface area contributed by atoms with Crippen molar-refractivity contribution in [2.75, 3.05) is 25.1 Å². The normalized spacial score (nSPS) is 10.8. The van der Waals surface area contributed by atoms with E-state index in [1.807, 2.05) is 6.92 Å². The number of nitrogens with zero attached hydrogens (tertiary/aromatic N) is 2. The van der Waals surface area contributed by atoms with Gasteiger partial charge in [0.15, 0.2) is 0 Å². The molecular formula is C11H18ClN3O. The van der Waals surface area contributed by atoms with Crippen LogP contribution in [0.3, 0.4) is 0 Å². The molecule has 0 radical (unpaired) electrons. The Labute approximate surface area is 101 Å². The van der Waals surface area contributed by atoms with Crippen molar-refractivity contribution in [3.63, 3.8) is 0 Å². The van der Waals surface area contributed by atoms with E-state index in [-0.39, 0.29) is 0 Å². The summed E-state index contributed by atoms with van der Waals surface area (Å²) in [5.74, 6) is 1.34. The van der Waals surface area contributed by atoms with Crippen LogP contribution < -0.4 is 5.32 Å². The zero-order valence-corrected chi connectivity index (χ0v) is 10.7. The number of ether oxygens (including phenoxy) is 1. The molecule has 0 saturated carbocycles. The predicted molar refractivity (Wildman–Crippen MR) is 65.9 cm³/mol. The lowest BCUT2D eigenvalue weighted by Crippen LogP contribution is -2.13. The van der Waals surface area contributed by atoms with Gasteiger partial charge in [0, 0.05) is 18.7 Å². The lowest BCUT2D eigenvalue weighted by molar-refractivity contribution is 0.118. The second-order valence-corrected chi connectivity index (χ2v) is 4.39. The van der Waals surface area contributed by atoms with E-state index >= 15 is 0 Å². The first-order valence-corrected chi connectivity index (χ1v) is 5.77. The molecule has 0 atom stereocenters. The van der Waals surface area contributed by atoms with Gasteiger partial charge in [-0.05, 0) is 12.8 Å². The predicted octanol–water partition coefficient (Wildman–Crippen LogP) is 2.52. The largest absolute Gasteiger partial charge is 0.379 e. The first kappa shape index (κ1) is 13.2. The van der Waals surface area contributed by atoms with Gasteiger partial charge in [-0.2, -0.15) is 0 Å². The third-order valence-electron chi connectivity index (χ3n) is 2.01. The molecule has 16 heavy (non-hydrogen) atoms. The highest BCUT2D eigenvalue weighted by Gasteiger charge is 2.03. The van der Waals surface area contributed by atoms with Crippen molar-refractivity contribution in [2.24, 2.45) is 5.92 Å². The van der Waals surface area contributed by atoms with E-state index in [1.165, 1.54) is 6.33 Å². The first-order valence-electron chi connectivity index (χ1n) is 5.40. The fourth-order valence-corrected chi connectivity index (χ4v) is 1.30. The van der Waals surface area contributed by atoms with Crippen LogP contribution in [-0.4, -0.2) is 29.7 Å². The lowest BCUT2D eigenvalue weighted by atomic mass is 10.2. The van der Waals surface area contributed by atoms with E-state index in [1.54, 1.807) is 0 Å². The summed E-state index contributed by atoms with van der Waals surface area (Å²) in [6, 6.07) is 0. The van der Waals surface area contributed by atoms with Gasteiger partial charge in [-0.15, -0.1) is 0 Å². The number of rotatable bonds is 6. The standard InChI is InChI=1S/C11H18ClN3O/c1-8(2)6-16-5-4-13-11-9(3)10(12)14-7-15-11/h7-8H,4-6H2,1-3H3,(H,13,14,15). The third-order valence-corrected chi connectivity index (χ3v) is 2.39. The molecule has 1 aromatic rings. The minimum atomic E-state index is 0.487. The lowest BCUT2D eigenvalue weighted by Gasteiger charge is -2.10. The van der Waals surface area contributed by atoms with Crippen molar-refractivity contribution >= 4 is 17.4 Å². The van der Waals surface area contributed by atoms with E-state index in [9.17, 15) is 0 Å². The van der Waals surface area contributed by atoms with E-state index in [0.29, 0.717) is 17.7 Å². The topological polar surface area (TPSA) is 47.0 Å². The molecule has 0 aromatic carbocycles. The Balaban J connectivity index is 2.29. The van der Waals surface area contributed by atoms with Crippen LogP contribution in [0.5, 0.6) is 0 Å². The molecule has 0 unspecified atom stereocenters. The van der Waals surface area contributed by atoms with Gasteiger partial charge in [-0.3, -0.25) is 0 Å². The smallest absolute Gasteiger partial charge is 0.137 e. The van der Waals surface area contributed by atoms with Crippen LogP contribution in [0.4, 0.5) is 5.82 Å². The van der Waals surface area contributed by atoms with Crippen molar-refractivity contribution in [1.29, 1.82) is 0 Å². The molecule has 1 heterocycles. The molecule has 0 fully saturated rings. The molecule has 4 nitrogen and oxygen atoms in total. The number of hydrogen-bond acceptors (Lipinski definition) is 4. The quantitative estimate of drug-likeness (QED) is 0.616. The molecule has 1 aromatic heterocycles. The second kappa shape index (κ2) is 6.66. The van der Waals surface area contributed by atoms with Crippen LogP contribution in [-0.2, 0) is 4.74 Å². The van der Waals surface area contributed by atoms with Crippen LogP contribution in [0.25, 0.3) is 0 Å². The molecular weight excluding hydrogens is 226 g/mol. The van der Waals surface area contributed by atoms with Crippen LogP contribution in [0.2, 0.25) is 5.15 Å². The van der Waals surface area contributed by atoms with Crippen molar-refractivity contribution in [1.82, 2.24) is 9.97 Å². The van der Waals surface area contributed by atoms with Gasteiger partial charge in [0.2, 0.25) is 0 Å². The van der Waals surface area contributed by atoms with Crippen LogP contribution >= 0.6 is 11.6 Å². The maximum Gasteiger partial charge on any atom is 0.137 e. The minimum absolute atomic E-state index is 0.487. The third kappa shape index (κ3) is 4.33. The maximum atomic E-state index is 5.87. The summed E-state index contributed by atoms with van der Waals surface area (Å²) >= 11 is 5.87. The summed E-state index contributed by atoms with van der Waals surface area (Å²) in [4.78, 5) is 8.00. The number of nitrogens with one attached hydrogen (secondary N) is 1. The summed E-state index contributed by atoms with van der Waals surface area (Å²) in [6.45, 7) is 8.31. The van der Waals surface area contributed by atoms with E-state index in [4.69, 9.17) is 16.3 Å². The highest BCUT2D eigenvalue weighted by atomic mass is 35.5. The summed E-state index contributed by atoms with van der Waals surface area (Å²) in [5, 5.41) is 3.65. The van der Waals surface area contributed by atoms with Crippen molar-refractivity contribution in [3.05, 3.63) is 17.0 Å². The van der Waals surface area contributed by atoms with E-state index in [2.05, 4.69) is 29.1 Å². The summed E-state index contributed by atoms with van der Waals surface area (Å²) in [5.41, 5.74) is 0.869. The molecule has 0 aliphatic carbocycles. The van der Waals surface area contributed by atoms with Crippen LogP contribution in [0.15, 0.2) is 6.33 Å². The SMILES string of the molecule is Cc1c(Cl)ncnc1NCCOCC(C)C. The number of anilines is 1. The Morgan fingerprint density at radius 1 is 1.44 bits per heavy atom. The molecule has 0 spiro atoms. The van der Waals surface area contributed by atoms with Crippen LogP contribution in [0, 0.1) is 12.8 Å². The summed E-state index contributed by atoms with van der Waals surface area (Å²) in [7, 11) is 0. The van der Waals surface area contributed by atoms with Gasteiger partial charge in [-0.1, -0.05) is 25.4 Å². The van der Waals surface area contributed by atoms with Gasteiger partial charge >= 0.3 is 0 Å². The molecule has 1 N–H and O–H groups in total. The van der Waals surface area contributed by atoms with Gasteiger partial charge in [0.1, 0.15) is 17.3 Å². The molecule has 0 bridgehead atoms. The molecule has 0 saturated heterocycles. The molecule has 0 amide bonds. The minimum Gasteiger partial charge on any atom is -0.379 e. The number of halogens is 1. The zero-order chi connectivity index (χ0) is 12.0. The Kier molecular flexibility index (Phi) is 5.49. The monoisotopic (exact) mass is 243 g/mol. The van der Waals surface area contributed by atoms with Gasteiger partial charge in [-0.25, -0.2) is 9.97 Å². The Morgan fingerprint density at radius 3 is 2.88 bits per heavy atom. The summed E-state index contributed by atoms with van der Waals surface area (Å²) < 4.78 is 5.45. The highest BCUT2D eigenvalue weighted by Crippen LogP contribution is 2.17. The van der Waals surface area contributed by atoms with Gasteiger partial charge < -0.3 is 10.1 Å². The Hall–Kier alpha value is -0.870. The van der Waals surface area contributed by atoms with E-state index in [0.717, 1.165) is 24.5 Å². The summed E-state index contributed by atoms with van der Waals surface area (Å²) in [6.07, 6.45) is 1.45. The van der Waals surface area contributed by atoms with Gasteiger partial charge in [0.05, 0.1) is 6.61 Å². The maximum absolute atomic E-state index is 5.87. The highest BCUT2D eigenvalue weighted by molar-refractivity contribution is 6.30.